The Balaban J connectivity index is 1.69. The van der Waals surface area contributed by atoms with Gasteiger partial charge in [0.25, 0.3) is 0 Å². The van der Waals surface area contributed by atoms with E-state index in [1.54, 1.807) is 18.3 Å². The van der Waals surface area contributed by atoms with Crippen molar-refractivity contribution >= 4 is 23.6 Å². The van der Waals surface area contributed by atoms with Crippen LogP contribution in [0.15, 0.2) is 30.5 Å². The minimum absolute atomic E-state index is 0.282. The van der Waals surface area contributed by atoms with E-state index >= 15 is 0 Å². The topological polar surface area (TPSA) is 103 Å². The number of carboxylic acid groups (broad SMARTS) is 1. The average molecular weight is 442 g/mol. The van der Waals surface area contributed by atoms with E-state index in [1.807, 2.05) is 12.1 Å². The predicted molar refractivity (Wildman–Crippen MR) is 116 cm³/mol. The van der Waals surface area contributed by atoms with Gasteiger partial charge in [0.05, 0.1) is 54.3 Å². The Morgan fingerprint density at radius 3 is 2.61 bits per heavy atom. The molecule has 1 aromatic carbocycles. The second kappa shape index (κ2) is 7.66. The number of morpholine rings is 2. The van der Waals surface area contributed by atoms with Gasteiger partial charge >= 0.3 is 6.09 Å². The highest BCUT2D eigenvalue weighted by atomic mass is 35.5. The van der Waals surface area contributed by atoms with E-state index in [9.17, 15) is 9.90 Å². The van der Waals surface area contributed by atoms with Gasteiger partial charge in [-0.1, -0.05) is 44.5 Å². The van der Waals surface area contributed by atoms with Gasteiger partial charge in [0.15, 0.2) is 0 Å². The van der Waals surface area contributed by atoms with Gasteiger partial charge in [0.1, 0.15) is 5.60 Å². The summed E-state index contributed by atoms with van der Waals surface area (Å²) >= 11 is 6.39. The predicted octanol–water partition coefficient (Wildman–Crippen LogP) is 3.65. The number of aromatic nitrogens is 2. The quantitative estimate of drug-likeness (QED) is 0.758. The molecule has 2 aromatic rings. The highest BCUT2D eigenvalue weighted by molar-refractivity contribution is 6.32. The van der Waals surface area contributed by atoms with E-state index in [0.717, 1.165) is 5.56 Å². The van der Waals surface area contributed by atoms with Crippen LogP contribution in [-0.4, -0.2) is 64.0 Å². The van der Waals surface area contributed by atoms with E-state index in [2.05, 4.69) is 36.7 Å². The molecule has 1 aromatic heterocycles. The maximum absolute atomic E-state index is 11.7. The second-order valence-corrected chi connectivity index (χ2v) is 9.49. The number of nitrogens with zero attached hydrogens (tertiary/aromatic N) is 5. The highest BCUT2D eigenvalue weighted by Gasteiger charge is 2.54. The number of fused-ring (bicyclic) bond motifs is 2. The lowest BCUT2D eigenvalue weighted by Crippen LogP contribution is -2.71. The molecule has 9 heteroatoms. The zero-order valence-electron chi connectivity index (χ0n) is 17.7. The van der Waals surface area contributed by atoms with E-state index in [1.165, 1.54) is 4.90 Å². The molecule has 2 atom stereocenters. The van der Waals surface area contributed by atoms with Gasteiger partial charge in [-0.05, 0) is 17.5 Å². The minimum Gasteiger partial charge on any atom is -0.465 e. The van der Waals surface area contributed by atoms with Crippen LogP contribution in [0.2, 0.25) is 5.02 Å². The second-order valence-electron chi connectivity index (χ2n) is 9.08. The van der Waals surface area contributed by atoms with Crippen LogP contribution in [0.5, 0.6) is 0 Å². The molecule has 4 rings (SSSR count). The molecular weight excluding hydrogens is 418 g/mol. The lowest BCUT2D eigenvalue weighted by atomic mass is 9.73. The zero-order chi connectivity index (χ0) is 22.4. The van der Waals surface area contributed by atoms with Crippen molar-refractivity contribution < 1.29 is 14.6 Å². The number of hydrogen-bond acceptors (Lipinski definition) is 6. The van der Waals surface area contributed by atoms with Crippen molar-refractivity contribution in [3.63, 3.8) is 0 Å². The van der Waals surface area contributed by atoms with Crippen LogP contribution in [0.1, 0.15) is 26.3 Å². The number of anilines is 1. The summed E-state index contributed by atoms with van der Waals surface area (Å²) < 4.78 is 6.41. The third kappa shape index (κ3) is 3.91. The van der Waals surface area contributed by atoms with Gasteiger partial charge in [-0.15, -0.1) is 0 Å². The normalized spacial score (nSPS) is 23.4. The first kappa shape index (κ1) is 21.3. The average Bonchev–Trinajstić information content (AvgIpc) is 2.72. The largest absolute Gasteiger partial charge is 0.465 e. The number of halogens is 1. The monoisotopic (exact) mass is 441 g/mol. The molecule has 2 aliphatic rings. The molecule has 31 heavy (non-hydrogen) atoms. The van der Waals surface area contributed by atoms with Gasteiger partial charge in [-0.3, -0.25) is 0 Å². The van der Waals surface area contributed by atoms with E-state index < -0.39 is 11.7 Å². The molecular formula is C22H24ClN5O3. The molecule has 2 unspecified atom stereocenters. The minimum atomic E-state index is -0.929. The fourth-order valence-electron chi connectivity index (χ4n) is 4.18. The van der Waals surface area contributed by atoms with E-state index in [-0.39, 0.29) is 18.1 Å². The third-order valence-electron chi connectivity index (χ3n) is 6.07. The van der Waals surface area contributed by atoms with Crippen LogP contribution in [0.25, 0.3) is 11.3 Å². The fraction of sp³-hybridized carbons (Fsp3) is 0.455. The van der Waals surface area contributed by atoms with E-state index in [4.69, 9.17) is 26.6 Å². The summed E-state index contributed by atoms with van der Waals surface area (Å²) in [6, 6.07) is 9.17. The van der Waals surface area contributed by atoms with Crippen molar-refractivity contribution in [1.82, 2.24) is 14.9 Å². The summed E-state index contributed by atoms with van der Waals surface area (Å²) in [4.78, 5) is 24.4. The van der Waals surface area contributed by atoms with Crippen molar-refractivity contribution in [3.05, 3.63) is 41.0 Å². The lowest BCUT2D eigenvalue weighted by Gasteiger charge is -2.57. The Kier molecular flexibility index (Phi) is 5.28. The van der Waals surface area contributed by atoms with Crippen LogP contribution in [0, 0.1) is 16.7 Å². The first-order valence-electron chi connectivity index (χ1n) is 10.1. The first-order chi connectivity index (χ1) is 14.6. The lowest BCUT2D eigenvalue weighted by molar-refractivity contribution is -0.202. The van der Waals surface area contributed by atoms with Gasteiger partial charge in [0.2, 0.25) is 5.95 Å². The Morgan fingerprint density at radius 1 is 1.29 bits per heavy atom. The smallest absolute Gasteiger partial charge is 0.407 e. The summed E-state index contributed by atoms with van der Waals surface area (Å²) in [6.45, 7) is 7.72. The van der Waals surface area contributed by atoms with Crippen molar-refractivity contribution in [2.75, 3.05) is 31.1 Å². The molecule has 1 amide bonds. The van der Waals surface area contributed by atoms with Crippen molar-refractivity contribution in [2.24, 2.45) is 5.41 Å². The maximum Gasteiger partial charge on any atom is 0.407 e. The van der Waals surface area contributed by atoms with Crippen LogP contribution in [0.3, 0.4) is 0 Å². The van der Waals surface area contributed by atoms with Crippen molar-refractivity contribution in [1.29, 1.82) is 5.26 Å². The number of ether oxygens (including phenoxy) is 1. The number of carbonyl (C=O) groups is 1. The van der Waals surface area contributed by atoms with Gasteiger partial charge < -0.3 is 19.6 Å². The summed E-state index contributed by atoms with van der Waals surface area (Å²) in [5.74, 6) is 0.523. The summed E-state index contributed by atoms with van der Waals surface area (Å²) in [5, 5.41) is 19.0. The number of hydrogen-bond donors (Lipinski definition) is 1. The summed E-state index contributed by atoms with van der Waals surface area (Å²) in [5.41, 5.74) is 0.948. The molecule has 0 aliphatic carbocycles. The van der Waals surface area contributed by atoms with Crippen LogP contribution < -0.4 is 4.90 Å². The molecule has 3 heterocycles. The fourth-order valence-corrected chi connectivity index (χ4v) is 4.38. The molecule has 8 nitrogen and oxygen atoms in total. The van der Waals surface area contributed by atoms with Crippen LogP contribution in [0.4, 0.5) is 10.7 Å². The third-order valence-corrected chi connectivity index (χ3v) is 6.35. The van der Waals surface area contributed by atoms with Crippen LogP contribution >= 0.6 is 11.6 Å². The molecule has 0 radical (unpaired) electrons. The van der Waals surface area contributed by atoms with Gasteiger partial charge in [-0.2, -0.15) is 5.26 Å². The standard InChI is InChI=1S/C22H24ClN5O3/c1-21(2,3)22-12-27(10-16(31-22)11-28(13-22)20(29)30)19-25-9-17(23)18(26-19)15-6-4-14(8-24)5-7-15/h4-7,9,16H,10-13H2,1-3H3,(H,29,30). The maximum atomic E-state index is 11.7. The SMILES string of the molecule is CC(C)(C)C12CN(C(=O)O)CC(CN(c3ncc(Cl)c(-c4ccc(C#N)cc4)n3)C1)O2. The van der Waals surface area contributed by atoms with Gasteiger partial charge in [0, 0.05) is 12.1 Å². The van der Waals surface area contributed by atoms with Gasteiger partial charge in [-0.25, -0.2) is 14.8 Å². The van der Waals surface area contributed by atoms with Crippen molar-refractivity contribution in [2.45, 2.75) is 32.5 Å². The zero-order valence-corrected chi connectivity index (χ0v) is 18.4. The molecule has 0 saturated carbocycles. The molecule has 2 saturated heterocycles. The van der Waals surface area contributed by atoms with Crippen LogP contribution in [-0.2, 0) is 4.74 Å². The Hall–Kier alpha value is -2.89. The number of nitriles is 1. The van der Waals surface area contributed by atoms with E-state index in [0.29, 0.717) is 41.9 Å². The number of rotatable bonds is 2. The molecule has 162 valence electrons. The summed E-state index contributed by atoms with van der Waals surface area (Å²) in [6.07, 6.45) is 0.368. The molecule has 1 N–H and O–H groups in total. The molecule has 2 bridgehead atoms. The molecule has 2 aliphatic heterocycles. The highest BCUT2D eigenvalue weighted by Crippen LogP contribution is 2.42. The van der Waals surface area contributed by atoms with Crippen molar-refractivity contribution in [3.8, 4) is 17.3 Å². The first-order valence-corrected chi connectivity index (χ1v) is 10.4. The number of amides is 1. The Morgan fingerprint density at radius 2 is 2.00 bits per heavy atom. The number of benzene rings is 1. The molecule has 0 spiro atoms. The Labute approximate surface area is 186 Å². The summed E-state index contributed by atoms with van der Waals surface area (Å²) in [7, 11) is 0. The molecule has 2 fully saturated rings. The Bertz CT molecular complexity index is 1050.